The van der Waals surface area contributed by atoms with E-state index in [1.165, 1.54) is 0 Å². The Hall–Kier alpha value is -0.966. The van der Waals surface area contributed by atoms with Crippen LogP contribution in [0.2, 0.25) is 39.3 Å². The zero-order valence-electron chi connectivity index (χ0n) is 11.3. The molecule has 0 radical (unpaired) electrons. The Morgan fingerprint density at radius 2 is 0.938 bits per heavy atom. The van der Waals surface area contributed by atoms with Crippen LogP contribution in [0.15, 0.2) is 24.3 Å². The molecule has 0 atom stereocenters. The van der Waals surface area contributed by atoms with E-state index in [1.54, 1.807) is 0 Å². The molecule has 0 aliphatic rings. The fraction of sp³-hybridized carbons (Fsp3) is 0.429. The Kier molecular flexibility index (Phi) is 6.18. The largest absolute Gasteiger partial charge is 0.129 e. The summed E-state index contributed by atoms with van der Waals surface area (Å²) >= 11 is 0. The van der Waals surface area contributed by atoms with Gasteiger partial charge in [-0.15, -0.1) is 11.1 Å². The van der Waals surface area contributed by atoms with E-state index in [9.17, 15) is 0 Å². The Labute approximate surface area is 103 Å². The minimum Gasteiger partial charge on any atom is -0.127 e. The van der Waals surface area contributed by atoms with E-state index in [-0.39, 0.29) is 0 Å². The van der Waals surface area contributed by atoms with E-state index < -0.39 is 16.1 Å². The minimum absolute atomic E-state index is 1.22. The smallest absolute Gasteiger partial charge is 0.127 e. The molecule has 0 N–H and O–H groups in total. The van der Waals surface area contributed by atoms with Gasteiger partial charge in [0.2, 0.25) is 0 Å². The lowest BCUT2D eigenvalue weighted by Crippen LogP contribution is -2.16. The number of hydrogen-bond acceptors (Lipinski definition) is 0. The molecule has 0 fully saturated rings. The van der Waals surface area contributed by atoms with E-state index in [2.05, 4.69) is 62.2 Å². The maximum absolute atomic E-state index is 3.28. The van der Waals surface area contributed by atoms with Crippen LogP contribution in [0.25, 0.3) is 0 Å². The van der Waals surface area contributed by atoms with Gasteiger partial charge < -0.3 is 0 Å². The molecule has 0 spiro atoms. The zero-order chi connectivity index (χ0) is 12.7. The first-order valence-corrected chi connectivity index (χ1v) is 12.6. The summed E-state index contributed by atoms with van der Waals surface area (Å²) in [6.07, 6.45) is 7.69. The highest BCUT2D eigenvalue weighted by Crippen LogP contribution is 1.96. The fourth-order valence-corrected chi connectivity index (χ4v) is 1.76. The Morgan fingerprint density at radius 3 is 1.19 bits per heavy atom. The van der Waals surface area contributed by atoms with Crippen LogP contribution in [0, 0.1) is 22.9 Å². The van der Waals surface area contributed by atoms with E-state index in [0.29, 0.717) is 0 Å². The van der Waals surface area contributed by atoms with Gasteiger partial charge in [0.15, 0.2) is 0 Å². The van der Waals surface area contributed by atoms with Crippen molar-refractivity contribution >= 4 is 16.1 Å². The second kappa shape index (κ2) is 6.58. The van der Waals surface area contributed by atoms with Crippen LogP contribution in [0.3, 0.4) is 0 Å². The molecule has 0 saturated carbocycles. The second-order valence-electron chi connectivity index (χ2n) is 5.76. The molecule has 0 rings (SSSR count). The first kappa shape index (κ1) is 15.0. The van der Waals surface area contributed by atoms with Crippen molar-refractivity contribution in [1.82, 2.24) is 0 Å². The van der Waals surface area contributed by atoms with Gasteiger partial charge in [-0.25, -0.2) is 0 Å². The molecule has 16 heavy (non-hydrogen) atoms. The van der Waals surface area contributed by atoms with Crippen LogP contribution in [0.4, 0.5) is 0 Å². The molecule has 0 aromatic heterocycles. The summed E-state index contributed by atoms with van der Waals surface area (Å²) in [5.41, 5.74) is 6.55. The molecule has 0 unspecified atom stereocenters. The molecule has 86 valence electrons. The summed E-state index contributed by atoms with van der Waals surface area (Å²) in [4.78, 5) is 0. The summed E-state index contributed by atoms with van der Waals surface area (Å²) < 4.78 is 0. The van der Waals surface area contributed by atoms with Crippen molar-refractivity contribution in [3.8, 4) is 22.9 Å². The molecule has 0 nitrogen and oxygen atoms in total. The van der Waals surface area contributed by atoms with Crippen LogP contribution in [0.1, 0.15) is 0 Å². The molecule has 0 aromatic carbocycles. The first-order chi connectivity index (χ1) is 7.21. The van der Waals surface area contributed by atoms with Crippen molar-refractivity contribution in [3.05, 3.63) is 24.3 Å². The van der Waals surface area contributed by atoms with Crippen molar-refractivity contribution in [3.63, 3.8) is 0 Å². The summed E-state index contributed by atoms with van der Waals surface area (Å²) in [6, 6.07) is 0. The standard InChI is InChI=1S/C14H22Si2/c1-15(2,3)13-11-9-7-8-10-12-14-16(4,5)6/h7-10H,1-6H3/b9-7-,10-8-. The highest BCUT2D eigenvalue weighted by molar-refractivity contribution is 6.84. The van der Waals surface area contributed by atoms with Gasteiger partial charge in [0, 0.05) is 0 Å². The van der Waals surface area contributed by atoms with Gasteiger partial charge in [-0.05, 0) is 12.2 Å². The van der Waals surface area contributed by atoms with Crippen molar-refractivity contribution in [2.75, 3.05) is 0 Å². The summed E-state index contributed by atoms with van der Waals surface area (Å²) in [7, 11) is -2.43. The summed E-state index contributed by atoms with van der Waals surface area (Å²) in [6.45, 7) is 13.4. The van der Waals surface area contributed by atoms with Crippen molar-refractivity contribution in [1.29, 1.82) is 0 Å². The first-order valence-electron chi connectivity index (χ1n) is 5.58. The highest BCUT2D eigenvalue weighted by atomic mass is 28.3. The van der Waals surface area contributed by atoms with Gasteiger partial charge in [0.1, 0.15) is 16.1 Å². The quantitative estimate of drug-likeness (QED) is 0.374. The molecule has 0 aromatic rings. The maximum atomic E-state index is 3.28. The average Bonchev–Trinajstić information content (AvgIpc) is 2.06. The minimum atomic E-state index is -1.22. The van der Waals surface area contributed by atoms with E-state index in [0.717, 1.165) is 0 Å². The van der Waals surface area contributed by atoms with Gasteiger partial charge in [-0.1, -0.05) is 63.3 Å². The molecule has 0 saturated heterocycles. The lowest BCUT2D eigenvalue weighted by atomic mass is 10.4. The molecule has 0 aliphatic carbocycles. The molecule has 0 bridgehead atoms. The fourth-order valence-electron chi connectivity index (χ4n) is 0.724. The van der Waals surface area contributed by atoms with Gasteiger partial charge in [0.05, 0.1) is 0 Å². The maximum Gasteiger partial charge on any atom is 0.129 e. The van der Waals surface area contributed by atoms with Crippen molar-refractivity contribution < 1.29 is 0 Å². The van der Waals surface area contributed by atoms with E-state index in [1.807, 2.05) is 24.3 Å². The third-order valence-corrected chi connectivity index (χ3v) is 3.15. The zero-order valence-corrected chi connectivity index (χ0v) is 13.3. The van der Waals surface area contributed by atoms with Crippen LogP contribution in [-0.2, 0) is 0 Å². The predicted octanol–water partition coefficient (Wildman–Crippen LogP) is 3.86. The normalized spacial score (nSPS) is 12.1. The average molecular weight is 247 g/mol. The third kappa shape index (κ3) is 13.0. The molecule has 0 heterocycles. The van der Waals surface area contributed by atoms with E-state index >= 15 is 0 Å². The van der Waals surface area contributed by atoms with Crippen LogP contribution in [-0.4, -0.2) is 16.1 Å². The lowest BCUT2D eigenvalue weighted by Gasteiger charge is -2.02. The third-order valence-electron chi connectivity index (χ3n) is 1.36. The number of rotatable bonds is 1. The van der Waals surface area contributed by atoms with Crippen molar-refractivity contribution in [2.45, 2.75) is 39.3 Å². The Morgan fingerprint density at radius 1 is 0.625 bits per heavy atom. The number of hydrogen-bond donors (Lipinski definition) is 0. The summed E-state index contributed by atoms with van der Waals surface area (Å²) in [5, 5.41) is 0. The van der Waals surface area contributed by atoms with Gasteiger partial charge >= 0.3 is 0 Å². The highest BCUT2D eigenvalue weighted by Gasteiger charge is 2.06. The second-order valence-corrected chi connectivity index (χ2v) is 15.3. The monoisotopic (exact) mass is 246 g/mol. The Bertz CT molecular complexity index is 339. The molecular weight excluding hydrogens is 224 g/mol. The van der Waals surface area contributed by atoms with Gasteiger partial charge in [-0.2, -0.15) is 0 Å². The van der Waals surface area contributed by atoms with E-state index in [4.69, 9.17) is 0 Å². The summed E-state index contributed by atoms with van der Waals surface area (Å²) in [5.74, 6) is 6.15. The molecule has 0 amide bonds. The van der Waals surface area contributed by atoms with Crippen LogP contribution in [0.5, 0.6) is 0 Å². The lowest BCUT2D eigenvalue weighted by molar-refractivity contribution is 1.81. The topological polar surface area (TPSA) is 0 Å². The predicted molar refractivity (Wildman–Crippen MR) is 80.5 cm³/mol. The van der Waals surface area contributed by atoms with Crippen molar-refractivity contribution in [2.24, 2.45) is 0 Å². The van der Waals surface area contributed by atoms with Gasteiger partial charge in [-0.3, -0.25) is 0 Å². The van der Waals surface area contributed by atoms with Crippen LogP contribution >= 0.6 is 0 Å². The SMILES string of the molecule is C[Si](C)(C)C#C/C=C\C=C/C#C[Si](C)(C)C. The molecule has 0 aliphatic heterocycles. The van der Waals surface area contributed by atoms with Gasteiger partial charge in [0.25, 0.3) is 0 Å². The number of allylic oxidation sites excluding steroid dienone is 4. The molecular formula is C14H22Si2. The van der Waals surface area contributed by atoms with Crippen LogP contribution < -0.4 is 0 Å². The Balaban J connectivity index is 4.15. The molecule has 2 heteroatoms.